The van der Waals surface area contributed by atoms with Crippen molar-refractivity contribution in [2.75, 3.05) is 0 Å². The molecule has 0 fully saturated rings. The van der Waals surface area contributed by atoms with E-state index in [4.69, 9.17) is 15.3 Å². The van der Waals surface area contributed by atoms with E-state index < -0.39 is 17.7 Å². The molecule has 0 aromatic rings. The van der Waals surface area contributed by atoms with Gasteiger partial charge in [0.15, 0.2) is 11.7 Å². The van der Waals surface area contributed by atoms with Crippen LogP contribution in [0.1, 0.15) is 6.92 Å². The number of carboxylic acid groups (broad SMARTS) is 1. The minimum atomic E-state index is -2.26. The molecule has 2 unspecified atom stereocenters. The Hall–Kier alpha value is -1.05. The number of rotatable bonds is 2. The minimum Gasteiger partial charge on any atom is -0.479 e. The summed E-state index contributed by atoms with van der Waals surface area (Å²) in [4.78, 5) is 10.1. The van der Waals surface area contributed by atoms with E-state index in [9.17, 15) is 4.79 Å². The van der Waals surface area contributed by atoms with Crippen LogP contribution in [0, 0.1) is 12.3 Å². The molecule has 0 saturated heterocycles. The number of aliphatic hydroxyl groups excluding tert-OH is 1. The van der Waals surface area contributed by atoms with Crippen LogP contribution >= 0.6 is 0 Å². The zero-order valence-electron chi connectivity index (χ0n) is 5.40. The molecular weight excluding hydrogens is 136 g/mol. The molecule has 56 valence electrons. The molecular formula is C6H8O4. The molecule has 0 rings (SSSR count). The van der Waals surface area contributed by atoms with Gasteiger partial charge in [-0.1, -0.05) is 5.92 Å². The van der Waals surface area contributed by atoms with Gasteiger partial charge in [-0.05, 0) is 6.92 Å². The molecule has 3 N–H and O–H groups in total. The van der Waals surface area contributed by atoms with Gasteiger partial charge in [0.1, 0.15) is 0 Å². The van der Waals surface area contributed by atoms with Crippen LogP contribution in [0.4, 0.5) is 0 Å². The van der Waals surface area contributed by atoms with Gasteiger partial charge in [-0.25, -0.2) is 4.79 Å². The van der Waals surface area contributed by atoms with Crippen LogP contribution in [0.5, 0.6) is 0 Å². The summed E-state index contributed by atoms with van der Waals surface area (Å²) in [5.41, 5.74) is -2.26. The topological polar surface area (TPSA) is 77.8 Å². The van der Waals surface area contributed by atoms with Gasteiger partial charge in [-0.3, -0.25) is 0 Å². The van der Waals surface area contributed by atoms with Gasteiger partial charge in [-0.2, -0.15) is 0 Å². The van der Waals surface area contributed by atoms with Gasteiger partial charge in [0, 0.05) is 0 Å². The molecule has 2 atom stereocenters. The molecule has 0 aliphatic heterocycles. The second kappa shape index (κ2) is 2.69. The van der Waals surface area contributed by atoms with Crippen molar-refractivity contribution in [3.63, 3.8) is 0 Å². The molecule has 0 aliphatic carbocycles. The van der Waals surface area contributed by atoms with E-state index in [2.05, 4.69) is 6.42 Å². The number of aliphatic hydroxyl groups is 2. The van der Waals surface area contributed by atoms with E-state index in [-0.39, 0.29) is 0 Å². The molecule has 4 heteroatoms. The van der Waals surface area contributed by atoms with Crippen molar-refractivity contribution in [2.24, 2.45) is 0 Å². The predicted molar refractivity (Wildman–Crippen MR) is 33.1 cm³/mol. The lowest BCUT2D eigenvalue weighted by Gasteiger charge is -2.19. The van der Waals surface area contributed by atoms with Gasteiger partial charge >= 0.3 is 5.97 Å². The zero-order valence-corrected chi connectivity index (χ0v) is 5.40. The first kappa shape index (κ1) is 8.95. The molecule has 0 amide bonds. The number of carbonyl (C=O) groups is 1. The third kappa shape index (κ3) is 1.47. The maximum absolute atomic E-state index is 10.1. The lowest BCUT2D eigenvalue weighted by molar-refractivity contribution is -0.164. The SMILES string of the molecule is C#CC(O)C(C)(O)C(=O)O. The van der Waals surface area contributed by atoms with Gasteiger partial charge < -0.3 is 15.3 Å². The van der Waals surface area contributed by atoms with Crippen molar-refractivity contribution in [2.45, 2.75) is 18.6 Å². The van der Waals surface area contributed by atoms with Crippen LogP contribution in [-0.4, -0.2) is 33.0 Å². The normalized spacial score (nSPS) is 18.6. The van der Waals surface area contributed by atoms with Crippen molar-refractivity contribution < 1.29 is 20.1 Å². The second-order valence-electron chi connectivity index (χ2n) is 2.02. The van der Waals surface area contributed by atoms with Crippen LogP contribution in [0.3, 0.4) is 0 Å². The Bertz CT molecular complexity index is 177. The largest absolute Gasteiger partial charge is 0.479 e. The summed E-state index contributed by atoms with van der Waals surface area (Å²) < 4.78 is 0. The number of hydrogen-bond acceptors (Lipinski definition) is 3. The summed E-state index contributed by atoms with van der Waals surface area (Å²) in [7, 11) is 0. The molecule has 0 radical (unpaired) electrons. The Kier molecular flexibility index (Phi) is 2.41. The predicted octanol–water partition coefficient (Wildman–Crippen LogP) is -1.18. The average Bonchev–Trinajstić information content (AvgIpc) is 1.86. The molecule has 0 bridgehead atoms. The second-order valence-corrected chi connectivity index (χ2v) is 2.02. The Balaban J connectivity index is 4.43. The van der Waals surface area contributed by atoms with Crippen molar-refractivity contribution >= 4 is 5.97 Å². The van der Waals surface area contributed by atoms with Crippen molar-refractivity contribution in [1.82, 2.24) is 0 Å². The van der Waals surface area contributed by atoms with Crippen LogP contribution < -0.4 is 0 Å². The van der Waals surface area contributed by atoms with E-state index in [0.29, 0.717) is 0 Å². The standard InChI is InChI=1S/C6H8O4/c1-3-4(7)6(2,10)5(8)9/h1,4,7,10H,2H3,(H,8,9). The number of carboxylic acids is 1. The van der Waals surface area contributed by atoms with Crippen LogP contribution in [0.25, 0.3) is 0 Å². The maximum Gasteiger partial charge on any atom is 0.339 e. The number of aliphatic carboxylic acids is 1. The first-order chi connectivity index (χ1) is 4.42. The maximum atomic E-state index is 10.1. The molecule has 0 saturated carbocycles. The van der Waals surface area contributed by atoms with Gasteiger partial charge in [0.2, 0.25) is 0 Å². The van der Waals surface area contributed by atoms with Crippen LogP contribution in [-0.2, 0) is 4.79 Å². The highest BCUT2D eigenvalue weighted by molar-refractivity contribution is 5.78. The van der Waals surface area contributed by atoms with Crippen LogP contribution in [0.15, 0.2) is 0 Å². The molecule has 0 aliphatic rings. The zero-order chi connectivity index (χ0) is 8.36. The minimum absolute atomic E-state index is 0.930. The third-order valence-corrected chi connectivity index (χ3v) is 1.12. The van der Waals surface area contributed by atoms with Gasteiger partial charge in [0.05, 0.1) is 0 Å². The summed E-state index contributed by atoms with van der Waals surface area (Å²) in [6.07, 6.45) is 3.00. The summed E-state index contributed by atoms with van der Waals surface area (Å²) in [5.74, 6) is 0.168. The number of terminal acetylenes is 1. The monoisotopic (exact) mass is 144 g/mol. The van der Waals surface area contributed by atoms with Crippen LogP contribution in [0.2, 0.25) is 0 Å². The van der Waals surface area contributed by atoms with E-state index in [0.717, 1.165) is 6.92 Å². The van der Waals surface area contributed by atoms with Crippen molar-refractivity contribution in [1.29, 1.82) is 0 Å². The van der Waals surface area contributed by atoms with E-state index in [1.807, 2.05) is 0 Å². The fraction of sp³-hybridized carbons (Fsp3) is 0.500. The van der Waals surface area contributed by atoms with Gasteiger partial charge in [-0.15, -0.1) is 6.42 Å². The van der Waals surface area contributed by atoms with E-state index >= 15 is 0 Å². The summed E-state index contributed by atoms with van der Waals surface area (Å²) in [5, 5.41) is 25.8. The first-order valence-corrected chi connectivity index (χ1v) is 2.53. The van der Waals surface area contributed by atoms with E-state index in [1.165, 1.54) is 0 Å². The van der Waals surface area contributed by atoms with Crippen molar-refractivity contribution in [3.05, 3.63) is 0 Å². The van der Waals surface area contributed by atoms with Gasteiger partial charge in [0.25, 0.3) is 0 Å². The Morgan fingerprint density at radius 3 is 2.30 bits per heavy atom. The first-order valence-electron chi connectivity index (χ1n) is 2.53. The molecule has 0 aromatic heterocycles. The quantitative estimate of drug-likeness (QED) is 0.426. The Labute approximate surface area is 58.1 Å². The number of hydrogen-bond donors (Lipinski definition) is 3. The molecule has 4 nitrogen and oxygen atoms in total. The average molecular weight is 144 g/mol. The molecule has 0 aromatic carbocycles. The summed E-state index contributed by atoms with van der Waals surface area (Å²) in [6.45, 7) is 0.930. The molecule has 10 heavy (non-hydrogen) atoms. The lowest BCUT2D eigenvalue weighted by atomic mass is 10.0. The molecule has 0 spiro atoms. The molecule has 0 heterocycles. The lowest BCUT2D eigenvalue weighted by Crippen LogP contribution is -2.45. The Morgan fingerprint density at radius 1 is 1.80 bits per heavy atom. The van der Waals surface area contributed by atoms with Crippen molar-refractivity contribution in [3.8, 4) is 12.3 Å². The van der Waals surface area contributed by atoms with E-state index in [1.54, 1.807) is 5.92 Å². The highest BCUT2D eigenvalue weighted by Crippen LogP contribution is 2.08. The fourth-order valence-corrected chi connectivity index (χ4v) is 0.279. The highest BCUT2D eigenvalue weighted by Gasteiger charge is 2.37. The summed E-state index contributed by atoms with van der Waals surface area (Å²) in [6, 6.07) is 0. The fourth-order valence-electron chi connectivity index (χ4n) is 0.279. The highest BCUT2D eigenvalue weighted by atomic mass is 16.4. The third-order valence-electron chi connectivity index (χ3n) is 1.12. The smallest absolute Gasteiger partial charge is 0.339 e. The Morgan fingerprint density at radius 2 is 2.20 bits per heavy atom. The summed E-state index contributed by atoms with van der Waals surface area (Å²) >= 11 is 0.